The number of unbranched alkanes of at least 4 members (excludes halogenated alkanes) is 2. The van der Waals surface area contributed by atoms with Crippen molar-refractivity contribution < 1.29 is 17.9 Å². The number of oxazole rings is 1. The van der Waals surface area contributed by atoms with E-state index in [0.717, 1.165) is 30.6 Å². The van der Waals surface area contributed by atoms with Gasteiger partial charge in [-0.3, -0.25) is 0 Å². The SMILES string of the molecule is CCCCCOc1ccc(C#Cc2ccc(-c3nc4cc(C)ccc4o3)c(F)c2F)cc1. The molecule has 1 heterocycles. The lowest BCUT2D eigenvalue weighted by molar-refractivity contribution is 0.306. The van der Waals surface area contributed by atoms with Gasteiger partial charge in [0.15, 0.2) is 17.2 Å². The number of nitrogens with zero attached hydrogens (tertiary/aromatic N) is 1. The molecule has 0 atom stereocenters. The van der Waals surface area contributed by atoms with E-state index in [1.54, 1.807) is 18.2 Å². The highest BCUT2D eigenvalue weighted by Crippen LogP contribution is 2.29. The maximum absolute atomic E-state index is 14.7. The van der Waals surface area contributed by atoms with Crippen LogP contribution in [-0.4, -0.2) is 11.6 Å². The molecule has 162 valence electrons. The molecule has 0 fully saturated rings. The summed E-state index contributed by atoms with van der Waals surface area (Å²) in [5.74, 6) is 4.32. The molecule has 0 aliphatic carbocycles. The molecule has 4 rings (SSSR count). The van der Waals surface area contributed by atoms with Gasteiger partial charge in [-0.15, -0.1) is 0 Å². The molecule has 0 saturated carbocycles. The van der Waals surface area contributed by atoms with E-state index in [4.69, 9.17) is 9.15 Å². The van der Waals surface area contributed by atoms with Gasteiger partial charge in [-0.1, -0.05) is 37.7 Å². The van der Waals surface area contributed by atoms with E-state index in [1.807, 2.05) is 31.2 Å². The molecule has 4 aromatic rings. The van der Waals surface area contributed by atoms with Gasteiger partial charge < -0.3 is 9.15 Å². The fourth-order valence-corrected chi connectivity index (χ4v) is 3.28. The van der Waals surface area contributed by atoms with E-state index in [9.17, 15) is 8.78 Å². The Morgan fingerprint density at radius 2 is 1.75 bits per heavy atom. The summed E-state index contributed by atoms with van der Waals surface area (Å²) in [6.07, 6.45) is 3.29. The van der Waals surface area contributed by atoms with Gasteiger partial charge in [0.05, 0.1) is 17.7 Å². The van der Waals surface area contributed by atoms with Crippen LogP contribution in [0.5, 0.6) is 5.75 Å². The van der Waals surface area contributed by atoms with Crippen molar-refractivity contribution in [2.45, 2.75) is 33.1 Å². The van der Waals surface area contributed by atoms with Gasteiger partial charge >= 0.3 is 0 Å². The predicted octanol–water partition coefficient (Wildman–Crippen LogP) is 7.05. The summed E-state index contributed by atoms with van der Waals surface area (Å²) < 4.78 is 40.7. The smallest absolute Gasteiger partial charge is 0.230 e. The van der Waals surface area contributed by atoms with E-state index >= 15 is 0 Å². The molecule has 32 heavy (non-hydrogen) atoms. The van der Waals surface area contributed by atoms with Crippen LogP contribution in [0.4, 0.5) is 8.78 Å². The highest BCUT2D eigenvalue weighted by atomic mass is 19.2. The van der Waals surface area contributed by atoms with Crippen molar-refractivity contribution in [2.75, 3.05) is 6.61 Å². The van der Waals surface area contributed by atoms with Crippen LogP contribution in [-0.2, 0) is 0 Å². The molecular formula is C27H23F2NO2. The maximum Gasteiger partial charge on any atom is 0.230 e. The second-order valence-corrected chi connectivity index (χ2v) is 7.61. The number of rotatable bonds is 6. The number of halogens is 2. The third kappa shape index (κ3) is 4.81. The molecule has 0 spiro atoms. The normalized spacial score (nSPS) is 10.8. The number of aryl methyl sites for hydroxylation is 1. The van der Waals surface area contributed by atoms with Crippen molar-refractivity contribution >= 4 is 11.1 Å². The van der Waals surface area contributed by atoms with Crippen LogP contribution in [0.2, 0.25) is 0 Å². The van der Waals surface area contributed by atoms with Crippen molar-refractivity contribution in [3.63, 3.8) is 0 Å². The third-order valence-electron chi connectivity index (χ3n) is 5.07. The van der Waals surface area contributed by atoms with Crippen LogP contribution in [0, 0.1) is 30.4 Å². The number of fused-ring (bicyclic) bond motifs is 1. The van der Waals surface area contributed by atoms with E-state index in [-0.39, 0.29) is 17.0 Å². The Hall–Kier alpha value is -3.65. The molecule has 0 radical (unpaired) electrons. The Balaban J connectivity index is 1.52. The summed E-state index contributed by atoms with van der Waals surface area (Å²) in [5, 5.41) is 0. The van der Waals surface area contributed by atoms with E-state index in [0.29, 0.717) is 23.3 Å². The van der Waals surface area contributed by atoms with Crippen molar-refractivity contribution in [1.29, 1.82) is 0 Å². The Morgan fingerprint density at radius 1 is 0.938 bits per heavy atom. The first kappa shape index (κ1) is 21.6. The van der Waals surface area contributed by atoms with Crippen molar-refractivity contribution in [3.05, 3.63) is 82.9 Å². The molecule has 5 heteroatoms. The topological polar surface area (TPSA) is 35.3 Å². The van der Waals surface area contributed by atoms with Crippen LogP contribution in [0.25, 0.3) is 22.6 Å². The summed E-state index contributed by atoms with van der Waals surface area (Å²) in [6.45, 7) is 4.75. The van der Waals surface area contributed by atoms with E-state index < -0.39 is 11.6 Å². The van der Waals surface area contributed by atoms with Crippen LogP contribution in [0.15, 0.2) is 59.0 Å². The molecule has 0 aliphatic heterocycles. The number of aromatic nitrogens is 1. The molecule has 1 aromatic heterocycles. The van der Waals surface area contributed by atoms with E-state index in [2.05, 4.69) is 23.7 Å². The third-order valence-corrected chi connectivity index (χ3v) is 5.07. The largest absolute Gasteiger partial charge is 0.494 e. The average molecular weight is 431 g/mol. The van der Waals surface area contributed by atoms with Crippen LogP contribution >= 0.6 is 0 Å². The van der Waals surface area contributed by atoms with Gasteiger partial charge in [-0.2, -0.15) is 0 Å². The van der Waals surface area contributed by atoms with Gasteiger partial charge in [-0.25, -0.2) is 13.8 Å². The molecule has 3 aromatic carbocycles. The molecule has 0 amide bonds. The molecule has 0 aliphatic rings. The fraction of sp³-hybridized carbons (Fsp3) is 0.222. The molecule has 0 unspecified atom stereocenters. The van der Waals surface area contributed by atoms with Crippen molar-refractivity contribution in [3.8, 4) is 29.0 Å². The number of benzene rings is 3. The van der Waals surface area contributed by atoms with Gasteiger partial charge in [0.25, 0.3) is 0 Å². The molecule has 0 bridgehead atoms. The first-order valence-electron chi connectivity index (χ1n) is 10.7. The number of ether oxygens (including phenoxy) is 1. The maximum atomic E-state index is 14.7. The highest BCUT2D eigenvalue weighted by Gasteiger charge is 2.18. The number of hydrogen-bond donors (Lipinski definition) is 0. The second-order valence-electron chi connectivity index (χ2n) is 7.61. The first-order valence-corrected chi connectivity index (χ1v) is 10.7. The monoisotopic (exact) mass is 431 g/mol. The van der Waals surface area contributed by atoms with Gasteiger partial charge in [0.1, 0.15) is 11.3 Å². The summed E-state index contributed by atoms with van der Waals surface area (Å²) in [7, 11) is 0. The zero-order chi connectivity index (χ0) is 22.5. The highest BCUT2D eigenvalue weighted by molar-refractivity contribution is 5.77. The summed E-state index contributed by atoms with van der Waals surface area (Å²) in [5.41, 5.74) is 2.74. The fourth-order valence-electron chi connectivity index (χ4n) is 3.28. The Kier molecular flexibility index (Phi) is 6.51. The lowest BCUT2D eigenvalue weighted by Gasteiger charge is -2.05. The van der Waals surface area contributed by atoms with Crippen LogP contribution in [0.3, 0.4) is 0 Å². The molecule has 0 saturated heterocycles. The minimum atomic E-state index is -1.03. The molecular weight excluding hydrogens is 408 g/mol. The Morgan fingerprint density at radius 3 is 2.53 bits per heavy atom. The zero-order valence-corrected chi connectivity index (χ0v) is 18.0. The van der Waals surface area contributed by atoms with Crippen molar-refractivity contribution in [2.24, 2.45) is 0 Å². The lowest BCUT2D eigenvalue weighted by Crippen LogP contribution is -1.96. The van der Waals surface area contributed by atoms with Gasteiger partial charge in [-0.05, 0) is 67.4 Å². The van der Waals surface area contributed by atoms with Gasteiger partial charge in [0, 0.05) is 5.56 Å². The Labute approximate surface area is 186 Å². The molecule has 3 nitrogen and oxygen atoms in total. The van der Waals surface area contributed by atoms with Crippen molar-refractivity contribution in [1.82, 2.24) is 4.98 Å². The molecule has 0 N–H and O–H groups in total. The zero-order valence-electron chi connectivity index (χ0n) is 18.0. The van der Waals surface area contributed by atoms with Crippen LogP contribution < -0.4 is 4.74 Å². The first-order chi connectivity index (χ1) is 15.5. The summed E-state index contributed by atoms with van der Waals surface area (Å²) >= 11 is 0. The van der Waals surface area contributed by atoms with Gasteiger partial charge in [0.2, 0.25) is 5.89 Å². The van der Waals surface area contributed by atoms with Crippen LogP contribution in [0.1, 0.15) is 42.9 Å². The summed E-state index contributed by atoms with van der Waals surface area (Å²) in [4.78, 5) is 4.29. The standard InChI is InChI=1S/C27H23F2NO2/c1-3-4-5-16-31-21-12-8-19(9-13-21)7-10-20-11-14-22(26(29)25(20)28)27-30-23-17-18(2)6-15-24(23)32-27/h6,8-9,11-15,17H,3-5,16H2,1-2H3. The predicted molar refractivity (Wildman–Crippen MR) is 122 cm³/mol. The average Bonchev–Trinajstić information content (AvgIpc) is 3.21. The second kappa shape index (κ2) is 9.65. The Bertz CT molecular complexity index is 1300. The number of hydrogen-bond acceptors (Lipinski definition) is 3. The minimum Gasteiger partial charge on any atom is -0.494 e. The van der Waals surface area contributed by atoms with E-state index in [1.165, 1.54) is 12.1 Å². The minimum absolute atomic E-state index is 0.0295. The summed E-state index contributed by atoms with van der Waals surface area (Å²) in [6, 6.07) is 15.6. The quantitative estimate of drug-likeness (QED) is 0.242. The lowest BCUT2D eigenvalue weighted by atomic mass is 10.1.